The predicted octanol–water partition coefficient (Wildman–Crippen LogP) is -1.36. The second kappa shape index (κ2) is 8.16. The number of aliphatic hydroxyl groups excluding tert-OH is 2. The molecule has 4 N–H and O–H groups in total. The van der Waals surface area contributed by atoms with Gasteiger partial charge in [-0.3, -0.25) is 4.57 Å². The van der Waals surface area contributed by atoms with E-state index >= 15 is 0 Å². The van der Waals surface area contributed by atoms with Crippen molar-refractivity contribution in [2.24, 2.45) is 0 Å². The third kappa shape index (κ3) is 4.19. The molecule has 2 heterocycles. The molecule has 136 valence electrons. The average molecular weight is 361 g/mol. The molecule has 0 aromatic carbocycles. The lowest BCUT2D eigenvalue weighted by atomic mass is 10.1. The first kappa shape index (κ1) is 19.0. The summed E-state index contributed by atoms with van der Waals surface area (Å²) in [4.78, 5) is 15.4. The van der Waals surface area contributed by atoms with Crippen LogP contribution in [-0.2, 0) is 9.47 Å². The van der Waals surface area contributed by atoms with Gasteiger partial charge in [0.25, 0.3) is 0 Å². The average Bonchev–Trinajstić information content (AvgIpc) is 2.81. The zero-order valence-electron chi connectivity index (χ0n) is 13.7. The predicted molar refractivity (Wildman–Crippen MR) is 88.1 cm³/mol. The molecular weight excluding hydrogens is 337 g/mol. The lowest BCUT2D eigenvalue weighted by molar-refractivity contribution is -0.167. The van der Waals surface area contributed by atoms with E-state index < -0.39 is 36.6 Å². The largest absolute Gasteiger partial charge is 0.387 e. The van der Waals surface area contributed by atoms with Crippen molar-refractivity contribution >= 4 is 16.1 Å². The Labute approximate surface area is 141 Å². The maximum absolute atomic E-state index is 14.3. The number of hydrogen-bond acceptors (Lipinski definition) is 7. The molecular formula is C14H24FN3O5Si. The van der Waals surface area contributed by atoms with E-state index in [4.69, 9.17) is 15.2 Å². The Kier molecular flexibility index (Phi) is 6.46. The van der Waals surface area contributed by atoms with Crippen LogP contribution >= 0.6 is 0 Å². The highest BCUT2D eigenvalue weighted by atomic mass is 28.1. The zero-order valence-corrected chi connectivity index (χ0v) is 15.7. The highest BCUT2D eigenvalue weighted by molar-refractivity contribution is 6.10. The first-order valence-electron chi connectivity index (χ1n) is 8.01. The van der Waals surface area contributed by atoms with Gasteiger partial charge in [-0.15, -0.1) is 0 Å². The van der Waals surface area contributed by atoms with Crippen molar-refractivity contribution < 1.29 is 24.1 Å². The molecule has 0 bridgehead atoms. The molecule has 2 rings (SSSR count). The van der Waals surface area contributed by atoms with Crippen molar-refractivity contribution in [3.05, 3.63) is 22.7 Å². The number of hydrogen-bond donors (Lipinski definition) is 3. The summed E-state index contributed by atoms with van der Waals surface area (Å²) in [6.45, 7) is 2.03. The van der Waals surface area contributed by atoms with E-state index in [1.165, 1.54) is 12.3 Å². The van der Waals surface area contributed by atoms with E-state index in [9.17, 15) is 19.4 Å². The van der Waals surface area contributed by atoms with Gasteiger partial charge in [0.05, 0.1) is 0 Å². The van der Waals surface area contributed by atoms with Gasteiger partial charge < -0.3 is 25.4 Å². The van der Waals surface area contributed by atoms with E-state index in [1.54, 1.807) is 0 Å². The second-order valence-electron chi connectivity index (χ2n) is 5.95. The van der Waals surface area contributed by atoms with Gasteiger partial charge in [-0.25, -0.2) is 9.18 Å². The molecule has 8 nitrogen and oxygen atoms in total. The Morgan fingerprint density at radius 3 is 2.88 bits per heavy atom. The van der Waals surface area contributed by atoms with Crippen molar-refractivity contribution in [2.45, 2.75) is 62.8 Å². The van der Waals surface area contributed by atoms with Gasteiger partial charge in [0, 0.05) is 22.2 Å². The second-order valence-corrected chi connectivity index (χ2v) is 7.24. The first-order valence-corrected chi connectivity index (χ1v) is 9.16. The van der Waals surface area contributed by atoms with E-state index in [-0.39, 0.29) is 11.5 Å². The molecule has 1 aliphatic heterocycles. The van der Waals surface area contributed by atoms with E-state index in [0.717, 1.165) is 23.8 Å². The van der Waals surface area contributed by atoms with Crippen LogP contribution in [-0.4, -0.2) is 60.4 Å². The molecule has 1 aromatic heterocycles. The molecule has 6 atom stereocenters. The number of anilines is 1. The summed E-state index contributed by atoms with van der Waals surface area (Å²) in [6.07, 6.45) is -3.61. The standard InChI is InChI=1S/C14H24FN3O5Si/c1-2-3-4-8(24)22-12(15)11-9(19)10(20)13(23-11)18-6-5-7(16)17-14(18)21/h5-6,8-13,19-20H,2-4H2,1,24H3,(H2,16,17,21)/t8?,9-,10+,11-,12?,13+/m0/s1. The maximum atomic E-state index is 14.3. The van der Waals surface area contributed by atoms with Crippen LogP contribution in [0.25, 0.3) is 0 Å². The summed E-state index contributed by atoms with van der Waals surface area (Å²) in [5, 5.41) is 20.1. The van der Waals surface area contributed by atoms with Gasteiger partial charge in [-0.1, -0.05) is 19.8 Å². The van der Waals surface area contributed by atoms with E-state index in [2.05, 4.69) is 4.98 Å². The fourth-order valence-corrected chi connectivity index (χ4v) is 3.28. The minimum atomic E-state index is -1.89. The fourth-order valence-electron chi connectivity index (χ4n) is 2.61. The molecule has 1 fully saturated rings. The van der Waals surface area contributed by atoms with Gasteiger partial charge in [0.2, 0.25) is 6.36 Å². The number of halogens is 1. The minimum Gasteiger partial charge on any atom is -0.387 e. The SMILES string of the molecule is CCCCC([SiH3])OC(F)[C@H]1O[C@@H](n2ccc(N)nc2=O)[C@H](O)[C@@H]1O. The Bertz CT molecular complexity index is 604. The highest BCUT2D eigenvalue weighted by Crippen LogP contribution is 2.32. The number of aromatic nitrogens is 2. The van der Waals surface area contributed by atoms with Crippen LogP contribution in [0.2, 0.25) is 0 Å². The summed E-state index contributed by atoms with van der Waals surface area (Å²) < 4.78 is 25.9. The molecule has 2 unspecified atom stereocenters. The van der Waals surface area contributed by atoms with Gasteiger partial charge in [-0.05, 0) is 12.5 Å². The number of rotatable bonds is 7. The van der Waals surface area contributed by atoms with Crippen LogP contribution in [0.1, 0.15) is 32.4 Å². The first-order chi connectivity index (χ1) is 11.3. The molecule has 0 aliphatic carbocycles. The van der Waals surface area contributed by atoms with Crippen LogP contribution in [0.4, 0.5) is 10.2 Å². The van der Waals surface area contributed by atoms with Crippen LogP contribution < -0.4 is 11.4 Å². The van der Waals surface area contributed by atoms with Crippen molar-refractivity contribution in [1.29, 1.82) is 0 Å². The van der Waals surface area contributed by atoms with Crippen molar-refractivity contribution in [1.82, 2.24) is 9.55 Å². The van der Waals surface area contributed by atoms with Crippen LogP contribution in [0.3, 0.4) is 0 Å². The lowest BCUT2D eigenvalue weighted by Crippen LogP contribution is -2.40. The number of nitrogens with two attached hydrogens (primary N) is 1. The van der Waals surface area contributed by atoms with Crippen molar-refractivity contribution in [2.75, 3.05) is 5.73 Å². The Morgan fingerprint density at radius 2 is 2.25 bits per heavy atom. The lowest BCUT2D eigenvalue weighted by Gasteiger charge is -2.23. The summed E-state index contributed by atoms with van der Waals surface area (Å²) in [5.41, 5.74) is 4.43. The number of alkyl halides is 1. The van der Waals surface area contributed by atoms with Crippen molar-refractivity contribution in [3.8, 4) is 0 Å². The smallest absolute Gasteiger partial charge is 0.351 e. The third-order valence-electron chi connectivity index (χ3n) is 3.99. The summed E-state index contributed by atoms with van der Waals surface area (Å²) >= 11 is 0. The van der Waals surface area contributed by atoms with Crippen LogP contribution in [0, 0.1) is 0 Å². The monoisotopic (exact) mass is 361 g/mol. The molecule has 0 saturated carbocycles. The molecule has 1 aromatic rings. The minimum absolute atomic E-state index is 0.0160. The van der Waals surface area contributed by atoms with Crippen molar-refractivity contribution in [3.63, 3.8) is 0 Å². The maximum Gasteiger partial charge on any atom is 0.351 e. The number of nitrogens with zero attached hydrogens (tertiary/aromatic N) is 2. The Balaban J connectivity index is 2.07. The quantitative estimate of drug-likeness (QED) is 0.513. The number of unbranched alkanes of at least 4 members (excludes halogenated alkanes) is 1. The molecule has 0 spiro atoms. The summed E-state index contributed by atoms with van der Waals surface area (Å²) in [6, 6.07) is 1.35. The summed E-state index contributed by atoms with van der Waals surface area (Å²) in [7, 11) is 0.638. The summed E-state index contributed by atoms with van der Waals surface area (Å²) in [5.74, 6) is 0.0160. The van der Waals surface area contributed by atoms with Gasteiger partial charge >= 0.3 is 5.69 Å². The normalized spacial score (nSPS) is 29.7. The third-order valence-corrected chi connectivity index (χ3v) is 4.84. The Hall–Kier alpha value is -1.33. The molecule has 0 radical (unpaired) electrons. The molecule has 1 saturated heterocycles. The zero-order chi connectivity index (χ0) is 17.9. The molecule has 24 heavy (non-hydrogen) atoms. The number of aliphatic hydroxyl groups is 2. The Morgan fingerprint density at radius 1 is 1.54 bits per heavy atom. The number of ether oxygens (including phenoxy) is 2. The van der Waals surface area contributed by atoms with E-state index in [1.807, 2.05) is 6.92 Å². The molecule has 10 heteroatoms. The van der Waals surface area contributed by atoms with Gasteiger partial charge in [0.15, 0.2) is 6.23 Å². The topological polar surface area (TPSA) is 120 Å². The fraction of sp³-hybridized carbons (Fsp3) is 0.714. The van der Waals surface area contributed by atoms with Crippen LogP contribution in [0.15, 0.2) is 17.1 Å². The van der Waals surface area contributed by atoms with E-state index in [0.29, 0.717) is 10.2 Å². The van der Waals surface area contributed by atoms with Gasteiger partial charge in [-0.2, -0.15) is 4.98 Å². The molecule has 1 aliphatic rings. The van der Waals surface area contributed by atoms with Gasteiger partial charge in [0.1, 0.15) is 24.1 Å². The molecule has 0 amide bonds. The highest BCUT2D eigenvalue weighted by Gasteiger charge is 2.48. The van der Waals surface area contributed by atoms with Crippen LogP contribution in [0.5, 0.6) is 0 Å². The number of nitrogen functional groups attached to an aromatic ring is 1.